The van der Waals surface area contributed by atoms with Crippen LogP contribution < -0.4 is 11.5 Å². The molecule has 6 unspecified atom stereocenters. The lowest BCUT2D eigenvalue weighted by Gasteiger charge is -2.37. The zero-order valence-electron chi connectivity index (χ0n) is 30.3. The van der Waals surface area contributed by atoms with Crippen molar-refractivity contribution in [3.05, 3.63) is 36.7 Å². The van der Waals surface area contributed by atoms with Crippen molar-refractivity contribution in [2.75, 3.05) is 25.6 Å². The summed E-state index contributed by atoms with van der Waals surface area (Å²) in [7, 11) is -16.3. The van der Waals surface area contributed by atoms with Gasteiger partial charge in [-0.15, -0.1) is 0 Å². The van der Waals surface area contributed by atoms with Crippen molar-refractivity contribution in [1.29, 1.82) is 0 Å². The van der Waals surface area contributed by atoms with Crippen molar-refractivity contribution in [2.24, 2.45) is 5.73 Å². The molecule has 60 heavy (non-hydrogen) atoms. The number of phosphoric ester groups is 3. The molecule has 0 spiro atoms. The largest absolute Gasteiger partial charge is 0.481 e. The number of aliphatic hydroxyl groups is 8. The van der Waals surface area contributed by atoms with Crippen LogP contribution in [0.5, 0.6) is 0 Å². The lowest BCUT2D eigenvalue weighted by Crippen LogP contribution is -2.58. The number of amides is 1. The van der Waals surface area contributed by atoms with Crippen LogP contribution in [0, 0.1) is 0 Å². The highest BCUT2D eigenvalue weighted by molar-refractivity contribution is 7.61. The van der Waals surface area contributed by atoms with E-state index in [1.165, 1.54) is 23.4 Å². The number of aromatic nitrogens is 4. The van der Waals surface area contributed by atoms with Gasteiger partial charge in [-0.05, 0) is 6.42 Å². The first-order valence-corrected chi connectivity index (χ1v) is 21.6. The minimum absolute atomic E-state index is 0.00424. The normalized spacial score (nSPS) is 35.4. The molecule has 338 valence electrons. The van der Waals surface area contributed by atoms with Gasteiger partial charge in [-0.3, -0.25) is 22.9 Å². The molecule has 0 saturated carbocycles. The predicted octanol–water partition coefficient (Wildman–Crippen LogP) is -5.79. The monoisotopic (exact) mass is 925 g/mol. The first-order valence-electron chi connectivity index (χ1n) is 17.0. The lowest BCUT2D eigenvalue weighted by atomic mass is 10.00. The molecule has 1 amide bonds. The second-order valence-corrected chi connectivity index (χ2v) is 17.4. The second kappa shape index (κ2) is 19.2. The molecule has 6 heterocycles. The van der Waals surface area contributed by atoms with Crippen LogP contribution in [-0.2, 0) is 50.6 Å². The number of hydrogen-bond acceptors (Lipinski definition) is 24. The molecule has 15 atom stereocenters. The van der Waals surface area contributed by atoms with Crippen LogP contribution in [0.1, 0.15) is 12.6 Å². The number of hydrogen-bond donors (Lipinski definition) is 14. The van der Waals surface area contributed by atoms with Crippen LogP contribution in [0.15, 0.2) is 36.7 Å². The highest BCUT2D eigenvalue weighted by Crippen LogP contribution is 2.61. The van der Waals surface area contributed by atoms with E-state index >= 15 is 0 Å². The summed E-state index contributed by atoms with van der Waals surface area (Å²) >= 11 is 0. The van der Waals surface area contributed by atoms with Crippen LogP contribution in [0.4, 0.5) is 5.82 Å². The van der Waals surface area contributed by atoms with Gasteiger partial charge in [0.25, 0.3) is 0 Å². The SMILES string of the molecule is NC(=O)C1=CN(C2O[C@H](COP(=O)(O)OP(=O)(O)OC[C@H]3O[C@@H](n4cnc5c(N)ncnc54)[C@H](OP(=O)(O)O)[C@@H]3O)C(O)C2O)C=CC1.OC[C@H]1OC(O)[C@H](O)[C@@H](O)[C@@H]1O. The Kier molecular flexibility index (Phi) is 15.4. The van der Waals surface area contributed by atoms with Gasteiger partial charge in [0.1, 0.15) is 72.9 Å². The van der Waals surface area contributed by atoms with E-state index < -0.39 is 129 Å². The summed E-state index contributed by atoms with van der Waals surface area (Å²) in [5, 5.41) is 76.2. The summed E-state index contributed by atoms with van der Waals surface area (Å²) in [4.78, 5) is 63.4. The number of nitrogens with zero attached hydrogens (tertiary/aromatic N) is 5. The Morgan fingerprint density at radius 2 is 1.40 bits per heavy atom. The molecule has 33 heteroatoms. The average molecular weight is 926 g/mol. The van der Waals surface area contributed by atoms with Gasteiger partial charge in [-0.1, -0.05) is 6.08 Å². The smallest absolute Gasteiger partial charge is 0.394 e. The van der Waals surface area contributed by atoms with E-state index in [-0.39, 0.29) is 29.0 Å². The third-order valence-electron chi connectivity index (χ3n) is 8.98. The van der Waals surface area contributed by atoms with Gasteiger partial charge in [-0.25, -0.2) is 28.6 Å². The van der Waals surface area contributed by atoms with Crippen LogP contribution in [0.25, 0.3) is 11.2 Å². The van der Waals surface area contributed by atoms with Crippen molar-refractivity contribution in [1.82, 2.24) is 24.4 Å². The first kappa shape index (κ1) is 48.1. The molecule has 3 saturated heterocycles. The molecular formula is C27H42N7O23P3. The first-order chi connectivity index (χ1) is 27.9. The van der Waals surface area contributed by atoms with Gasteiger partial charge in [0.2, 0.25) is 5.91 Å². The Bertz CT molecular complexity index is 2040. The number of allylic oxidation sites excluding steroid dienone is 1. The summed E-state index contributed by atoms with van der Waals surface area (Å²) in [5.41, 5.74) is 11.3. The quantitative estimate of drug-likeness (QED) is 0.0785. The minimum atomic E-state index is -5.52. The van der Waals surface area contributed by atoms with Crippen molar-refractivity contribution >= 4 is 46.4 Å². The van der Waals surface area contributed by atoms with Gasteiger partial charge in [0.05, 0.1) is 26.1 Å². The molecule has 16 N–H and O–H groups in total. The van der Waals surface area contributed by atoms with E-state index in [1.54, 1.807) is 0 Å². The fraction of sp³-hybridized carbons (Fsp3) is 0.630. The Morgan fingerprint density at radius 1 is 0.800 bits per heavy atom. The standard InChI is InChI=1S/C21H30N7O17P3.C6H12O6/c22-17-12-19(25-7-24-17)28(8-26-12)21-16(44-46(33,34)35)14(30)11(43-21)6-41-48(38,39)45-47(36,37)40-5-10-13(29)15(31)20(42-10)27-3-1-2-9(4-27)18(23)32;7-1-2-3(8)4(9)5(10)6(11)12-2/h1,3-4,7-8,10-11,13-16,20-21,29-31H,2,5-6H2,(H2,23,32)(H,36,37)(H,38,39)(H2,22,24,25)(H2,33,34,35);2-11H,1H2/t10-,11-,13?,14-,15?,16-,20?,21-;2-,3-,4+,5-,6?/m11/s1. The molecule has 0 aromatic carbocycles. The molecule has 0 bridgehead atoms. The molecule has 30 nitrogen and oxygen atoms in total. The molecule has 4 aliphatic rings. The van der Waals surface area contributed by atoms with Gasteiger partial charge >= 0.3 is 23.5 Å². The van der Waals surface area contributed by atoms with Gasteiger partial charge in [-0.2, -0.15) is 4.31 Å². The minimum Gasteiger partial charge on any atom is -0.394 e. The summed E-state index contributed by atoms with van der Waals surface area (Å²) in [6.45, 7) is -2.55. The molecule has 4 aliphatic heterocycles. The Labute approximate surface area is 335 Å². The van der Waals surface area contributed by atoms with Crippen LogP contribution in [0.2, 0.25) is 0 Å². The molecule has 6 rings (SSSR count). The summed E-state index contributed by atoms with van der Waals surface area (Å²) in [6, 6.07) is 0. The zero-order chi connectivity index (χ0) is 44.5. The number of rotatable bonds is 14. The van der Waals surface area contributed by atoms with E-state index in [2.05, 4.69) is 28.5 Å². The third kappa shape index (κ3) is 11.3. The fourth-order valence-corrected chi connectivity index (χ4v) is 8.65. The van der Waals surface area contributed by atoms with Crippen molar-refractivity contribution in [3.63, 3.8) is 0 Å². The lowest BCUT2D eigenvalue weighted by molar-refractivity contribution is -0.286. The van der Waals surface area contributed by atoms with Crippen LogP contribution in [0.3, 0.4) is 0 Å². The fourth-order valence-electron chi connectivity index (χ4n) is 6.02. The van der Waals surface area contributed by atoms with Crippen molar-refractivity contribution in [2.45, 2.75) is 86.2 Å². The number of imidazole rings is 1. The van der Waals surface area contributed by atoms with E-state index in [0.717, 1.165) is 17.2 Å². The maximum absolute atomic E-state index is 12.6. The molecular weight excluding hydrogens is 883 g/mol. The third-order valence-corrected chi connectivity index (χ3v) is 12.1. The highest BCUT2D eigenvalue weighted by Gasteiger charge is 2.51. The molecule has 2 aromatic heterocycles. The molecule has 2 aromatic rings. The van der Waals surface area contributed by atoms with E-state index in [1.807, 2.05) is 0 Å². The zero-order valence-corrected chi connectivity index (χ0v) is 33.0. The van der Waals surface area contributed by atoms with Crippen LogP contribution in [-0.4, -0.2) is 184 Å². The van der Waals surface area contributed by atoms with E-state index in [4.69, 9.17) is 55.5 Å². The number of carbonyl (C=O) groups excluding carboxylic acids is 1. The number of primary amides is 1. The Morgan fingerprint density at radius 3 is 2.00 bits per heavy atom. The number of phosphoric acid groups is 3. The summed E-state index contributed by atoms with van der Waals surface area (Å²) in [6.07, 6.45) is -13.5. The maximum Gasteiger partial charge on any atom is 0.481 e. The van der Waals surface area contributed by atoms with Gasteiger partial charge < -0.3 is 91.0 Å². The van der Waals surface area contributed by atoms with E-state index in [0.29, 0.717) is 0 Å². The van der Waals surface area contributed by atoms with E-state index in [9.17, 15) is 53.4 Å². The molecule has 3 fully saturated rings. The Balaban J connectivity index is 0.000000489. The van der Waals surface area contributed by atoms with Gasteiger partial charge in [0, 0.05) is 18.0 Å². The number of anilines is 1. The highest BCUT2D eigenvalue weighted by atomic mass is 31.3. The summed E-state index contributed by atoms with van der Waals surface area (Å²) < 4.78 is 71.8. The topological polar surface area (TPSA) is 475 Å². The number of ether oxygens (including phenoxy) is 3. The van der Waals surface area contributed by atoms with Crippen molar-refractivity contribution in [3.8, 4) is 0 Å². The van der Waals surface area contributed by atoms with Crippen molar-refractivity contribution < 1.29 is 111 Å². The maximum atomic E-state index is 12.6. The molecule has 0 aliphatic carbocycles. The summed E-state index contributed by atoms with van der Waals surface area (Å²) in [5.74, 6) is -0.791. The number of carbonyl (C=O) groups is 1. The number of nitrogens with two attached hydrogens (primary N) is 2. The second-order valence-electron chi connectivity index (χ2n) is 13.1. The van der Waals surface area contributed by atoms with Crippen LogP contribution >= 0.6 is 23.5 Å². The number of nitrogen functional groups attached to an aromatic ring is 1. The van der Waals surface area contributed by atoms with Gasteiger partial charge in [0.15, 0.2) is 30.2 Å². The Hall–Kier alpha value is -2.97. The predicted molar refractivity (Wildman–Crippen MR) is 189 cm³/mol. The number of fused-ring (bicyclic) bond motifs is 1. The average Bonchev–Trinajstić information content (AvgIpc) is 3.83. The number of aliphatic hydroxyl groups excluding tert-OH is 8. The molecule has 0 radical (unpaired) electrons.